The summed E-state index contributed by atoms with van der Waals surface area (Å²) >= 11 is 1.47. The average Bonchev–Trinajstić information content (AvgIpc) is 2.66. The van der Waals surface area contributed by atoms with Crippen molar-refractivity contribution in [1.82, 2.24) is 16.0 Å². The van der Waals surface area contributed by atoms with E-state index in [1.54, 1.807) is 6.92 Å². The highest BCUT2D eigenvalue weighted by Crippen LogP contribution is 2.10. The Labute approximate surface area is 175 Å². The van der Waals surface area contributed by atoms with Crippen LogP contribution in [0.25, 0.3) is 0 Å². The van der Waals surface area contributed by atoms with Crippen LogP contribution in [0.15, 0.2) is 0 Å². The molecule has 0 saturated heterocycles. The summed E-state index contributed by atoms with van der Waals surface area (Å²) in [5.74, 6) is -2.77. The van der Waals surface area contributed by atoms with Crippen molar-refractivity contribution in [3.8, 4) is 0 Å². The normalized spacial score (nSPS) is 17.2. The minimum Gasteiger partial charge on any atom is -0.480 e. The molecule has 29 heavy (non-hydrogen) atoms. The van der Waals surface area contributed by atoms with Gasteiger partial charge in [-0.25, -0.2) is 4.79 Å². The number of rotatable bonds is 13. The third-order valence-electron chi connectivity index (χ3n) is 4.59. The Morgan fingerprint density at radius 3 is 2.03 bits per heavy atom. The molecular formula is C18H34N4O6S. The van der Waals surface area contributed by atoms with Crippen LogP contribution in [0.2, 0.25) is 0 Å². The van der Waals surface area contributed by atoms with Crippen molar-refractivity contribution in [3.05, 3.63) is 0 Å². The highest BCUT2D eigenvalue weighted by molar-refractivity contribution is 7.98. The fourth-order valence-corrected chi connectivity index (χ4v) is 2.80. The maximum Gasteiger partial charge on any atom is 0.326 e. The standard InChI is InChI=1S/C18H34N4O6S/c1-6-9(2)14(17(26)21-12(18(27)28)7-8-29-5)22-15(24)10(3)20-16(25)13(19)11(4)23/h9-14,23H,6-8,19H2,1-5H3,(H,20,25)(H,21,26)(H,22,24)(H,27,28). The minimum atomic E-state index is -1.19. The predicted molar refractivity (Wildman–Crippen MR) is 111 cm³/mol. The van der Waals surface area contributed by atoms with Crippen molar-refractivity contribution < 1.29 is 29.4 Å². The van der Waals surface area contributed by atoms with Gasteiger partial charge < -0.3 is 31.9 Å². The number of aliphatic hydroxyl groups excluding tert-OH is 1. The lowest BCUT2D eigenvalue weighted by Crippen LogP contribution is -2.58. The van der Waals surface area contributed by atoms with Gasteiger partial charge in [0.15, 0.2) is 0 Å². The molecule has 0 heterocycles. The number of hydrogen-bond donors (Lipinski definition) is 6. The summed E-state index contributed by atoms with van der Waals surface area (Å²) in [6, 6.07) is -4.21. The lowest BCUT2D eigenvalue weighted by atomic mass is 9.97. The molecular weight excluding hydrogens is 400 g/mol. The van der Waals surface area contributed by atoms with Gasteiger partial charge in [0.2, 0.25) is 17.7 Å². The van der Waals surface area contributed by atoms with Crippen LogP contribution in [0.4, 0.5) is 0 Å². The van der Waals surface area contributed by atoms with Gasteiger partial charge in [-0.3, -0.25) is 14.4 Å². The molecule has 3 amide bonds. The van der Waals surface area contributed by atoms with E-state index < -0.39 is 54.0 Å². The van der Waals surface area contributed by atoms with Crippen LogP contribution in [0.3, 0.4) is 0 Å². The SMILES string of the molecule is CCC(C)C(NC(=O)C(C)NC(=O)C(N)C(C)O)C(=O)NC(CCSC)C(=O)O. The number of amides is 3. The summed E-state index contributed by atoms with van der Waals surface area (Å²) < 4.78 is 0. The molecule has 0 aliphatic rings. The zero-order valence-electron chi connectivity index (χ0n) is 17.6. The topological polar surface area (TPSA) is 171 Å². The number of aliphatic hydroxyl groups is 1. The molecule has 6 unspecified atom stereocenters. The van der Waals surface area contributed by atoms with Crippen molar-refractivity contribution in [2.75, 3.05) is 12.0 Å². The van der Waals surface area contributed by atoms with Crippen LogP contribution in [0.5, 0.6) is 0 Å². The van der Waals surface area contributed by atoms with Crippen molar-refractivity contribution in [2.45, 2.75) is 70.8 Å². The first-order chi connectivity index (χ1) is 13.5. The first-order valence-corrected chi connectivity index (χ1v) is 10.9. The Hall–Kier alpha value is -1.85. The van der Waals surface area contributed by atoms with Gasteiger partial charge in [-0.2, -0.15) is 11.8 Å². The quantitative estimate of drug-likeness (QED) is 0.215. The van der Waals surface area contributed by atoms with Crippen LogP contribution in [-0.4, -0.2) is 76.2 Å². The number of nitrogens with one attached hydrogen (secondary N) is 3. The summed E-state index contributed by atoms with van der Waals surface area (Å²) in [6.07, 6.45) is 1.57. The van der Waals surface area contributed by atoms with Gasteiger partial charge >= 0.3 is 5.97 Å². The molecule has 10 nitrogen and oxygen atoms in total. The summed E-state index contributed by atoms with van der Waals surface area (Å²) in [6.45, 7) is 6.38. The van der Waals surface area contributed by atoms with E-state index in [-0.39, 0.29) is 12.3 Å². The minimum absolute atomic E-state index is 0.257. The largest absolute Gasteiger partial charge is 0.480 e. The number of hydrogen-bond acceptors (Lipinski definition) is 7. The summed E-state index contributed by atoms with van der Waals surface area (Å²) in [5.41, 5.74) is 5.54. The predicted octanol–water partition coefficient (Wildman–Crippen LogP) is -0.947. The van der Waals surface area contributed by atoms with Gasteiger partial charge in [0.25, 0.3) is 0 Å². The van der Waals surface area contributed by atoms with Gasteiger partial charge in [-0.05, 0) is 38.2 Å². The molecule has 0 fully saturated rings. The van der Waals surface area contributed by atoms with E-state index in [9.17, 15) is 29.4 Å². The van der Waals surface area contributed by atoms with E-state index in [0.717, 1.165) is 0 Å². The number of carbonyl (C=O) groups is 4. The lowest BCUT2D eigenvalue weighted by Gasteiger charge is -2.27. The second-order valence-corrected chi connectivity index (χ2v) is 8.03. The molecule has 0 spiro atoms. The number of thioether (sulfide) groups is 1. The molecule has 0 aromatic carbocycles. The molecule has 0 rings (SSSR count). The summed E-state index contributed by atoms with van der Waals surface area (Å²) in [7, 11) is 0. The average molecular weight is 435 g/mol. The Morgan fingerprint density at radius 2 is 1.59 bits per heavy atom. The number of carboxylic acids is 1. The van der Waals surface area contributed by atoms with Crippen molar-refractivity contribution in [3.63, 3.8) is 0 Å². The fourth-order valence-electron chi connectivity index (χ4n) is 2.33. The van der Waals surface area contributed by atoms with Gasteiger partial charge in [0.05, 0.1) is 6.10 Å². The van der Waals surface area contributed by atoms with E-state index in [0.29, 0.717) is 12.2 Å². The summed E-state index contributed by atoms with van der Waals surface area (Å²) in [4.78, 5) is 48.4. The number of aliphatic carboxylic acids is 1. The molecule has 0 aliphatic carbocycles. The summed E-state index contributed by atoms with van der Waals surface area (Å²) in [5, 5.41) is 26.1. The Balaban J connectivity index is 5.14. The monoisotopic (exact) mass is 434 g/mol. The van der Waals surface area contributed by atoms with E-state index in [4.69, 9.17) is 5.73 Å². The maximum absolute atomic E-state index is 12.7. The molecule has 0 radical (unpaired) electrons. The highest BCUT2D eigenvalue weighted by atomic mass is 32.2. The molecule has 0 aromatic rings. The number of nitrogens with two attached hydrogens (primary N) is 1. The smallest absolute Gasteiger partial charge is 0.326 e. The molecule has 7 N–H and O–H groups in total. The second-order valence-electron chi connectivity index (χ2n) is 7.05. The van der Waals surface area contributed by atoms with Crippen LogP contribution < -0.4 is 21.7 Å². The Bertz CT molecular complexity index is 575. The molecule has 168 valence electrons. The van der Waals surface area contributed by atoms with Gasteiger partial charge in [0.1, 0.15) is 24.2 Å². The Morgan fingerprint density at radius 1 is 1.00 bits per heavy atom. The van der Waals surface area contributed by atoms with Crippen molar-refractivity contribution in [1.29, 1.82) is 0 Å². The van der Waals surface area contributed by atoms with Gasteiger partial charge in [-0.15, -0.1) is 0 Å². The molecule has 6 atom stereocenters. The molecule has 11 heteroatoms. The van der Waals surface area contributed by atoms with Crippen LogP contribution in [0, 0.1) is 5.92 Å². The first-order valence-electron chi connectivity index (χ1n) is 9.52. The van der Waals surface area contributed by atoms with Gasteiger partial charge in [0, 0.05) is 0 Å². The van der Waals surface area contributed by atoms with Gasteiger partial charge in [-0.1, -0.05) is 20.3 Å². The third kappa shape index (κ3) is 9.46. The first kappa shape index (κ1) is 27.1. The number of carboxylic acid groups (broad SMARTS) is 1. The van der Waals surface area contributed by atoms with E-state index in [1.165, 1.54) is 25.6 Å². The van der Waals surface area contributed by atoms with Crippen LogP contribution >= 0.6 is 11.8 Å². The zero-order chi connectivity index (χ0) is 22.7. The molecule has 0 aromatic heterocycles. The molecule has 0 aliphatic heterocycles. The lowest BCUT2D eigenvalue weighted by molar-refractivity contribution is -0.142. The number of carbonyl (C=O) groups excluding carboxylic acids is 3. The van der Waals surface area contributed by atoms with Crippen LogP contribution in [-0.2, 0) is 19.2 Å². The maximum atomic E-state index is 12.7. The molecule has 0 saturated carbocycles. The molecule has 0 bridgehead atoms. The van der Waals surface area contributed by atoms with E-state index in [1.807, 2.05) is 13.2 Å². The highest BCUT2D eigenvalue weighted by Gasteiger charge is 2.31. The van der Waals surface area contributed by atoms with Crippen molar-refractivity contribution >= 4 is 35.5 Å². The Kier molecular flexibility index (Phi) is 12.5. The van der Waals surface area contributed by atoms with Crippen molar-refractivity contribution in [2.24, 2.45) is 11.7 Å². The van der Waals surface area contributed by atoms with Crippen LogP contribution in [0.1, 0.15) is 40.5 Å². The fraction of sp³-hybridized carbons (Fsp3) is 0.778. The van der Waals surface area contributed by atoms with E-state index >= 15 is 0 Å². The zero-order valence-corrected chi connectivity index (χ0v) is 18.4. The van der Waals surface area contributed by atoms with E-state index in [2.05, 4.69) is 16.0 Å². The third-order valence-corrected chi connectivity index (χ3v) is 5.24. The second kappa shape index (κ2) is 13.4.